The van der Waals surface area contributed by atoms with Gasteiger partial charge in [0.2, 0.25) is 0 Å². The summed E-state index contributed by atoms with van der Waals surface area (Å²) in [6, 6.07) is 6.09. The van der Waals surface area contributed by atoms with Crippen molar-refractivity contribution in [3.63, 3.8) is 0 Å². The molecule has 0 saturated carbocycles. The summed E-state index contributed by atoms with van der Waals surface area (Å²) in [7, 11) is 0. The third-order valence-corrected chi connectivity index (χ3v) is 1.96. The van der Waals surface area contributed by atoms with E-state index in [4.69, 9.17) is 21.6 Å². The van der Waals surface area contributed by atoms with Crippen LogP contribution in [0.5, 0.6) is 5.75 Å². The van der Waals surface area contributed by atoms with Crippen molar-refractivity contribution in [2.45, 2.75) is 6.36 Å². The quantitative estimate of drug-likeness (QED) is 0.786. The Morgan fingerprint density at radius 2 is 2.00 bits per heavy atom. The van der Waals surface area contributed by atoms with Crippen molar-refractivity contribution in [2.75, 3.05) is 13.2 Å². The first kappa shape index (κ1) is 13.6. The predicted octanol–water partition coefficient (Wildman–Crippen LogP) is 3.13. The molecule has 7 heteroatoms. The van der Waals surface area contributed by atoms with Crippen molar-refractivity contribution in [1.29, 1.82) is 5.26 Å². The van der Waals surface area contributed by atoms with Gasteiger partial charge in [-0.1, -0.05) is 11.6 Å². The van der Waals surface area contributed by atoms with E-state index >= 15 is 0 Å². The molecule has 92 valence electrons. The molecule has 1 aromatic carbocycles. The first-order chi connectivity index (χ1) is 7.92. The van der Waals surface area contributed by atoms with E-state index in [1.165, 1.54) is 18.2 Å². The largest absolute Gasteiger partial charge is 0.522 e. The molecule has 0 amide bonds. The topological polar surface area (TPSA) is 42.2 Å². The highest BCUT2D eigenvalue weighted by Gasteiger charge is 2.28. The molecule has 1 rings (SSSR count). The molecule has 0 atom stereocenters. The molecular weight excluding hydrogens is 259 g/mol. The van der Waals surface area contributed by atoms with Crippen LogP contribution in [0.3, 0.4) is 0 Å². The Kier molecular flexibility index (Phi) is 4.61. The molecule has 0 aliphatic carbocycles. The zero-order valence-corrected chi connectivity index (χ0v) is 9.18. The maximum atomic E-state index is 11.6. The van der Waals surface area contributed by atoms with Crippen molar-refractivity contribution in [1.82, 2.24) is 0 Å². The molecule has 17 heavy (non-hydrogen) atoms. The van der Waals surface area contributed by atoms with Gasteiger partial charge in [0.1, 0.15) is 12.4 Å². The molecular formula is C10H7ClF3NO2. The molecule has 0 spiro atoms. The van der Waals surface area contributed by atoms with Gasteiger partial charge in [-0.2, -0.15) is 5.26 Å². The molecule has 0 bridgehead atoms. The Balaban J connectivity index is 2.45. The summed E-state index contributed by atoms with van der Waals surface area (Å²) in [4.78, 5) is 0. The average molecular weight is 266 g/mol. The highest BCUT2D eigenvalue weighted by Crippen LogP contribution is 2.25. The monoisotopic (exact) mass is 265 g/mol. The van der Waals surface area contributed by atoms with E-state index in [-0.39, 0.29) is 17.4 Å². The second-order valence-electron chi connectivity index (χ2n) is 2.90. The Bertz CT molecular complexity index is 429. The molecule has 0 aliphatic rings. The third kappa shape index (κ3) is 4.93. The molecule has 1 aromatic rings. The van der Waals surface area contributed by atoms with Crippen LogP contribution in [0, 0.1) is 11.3 Å². The maximum absolute atomic E-state index is 11.6. The number of benzene rings is 1. The minimum atomic E-state index is -4.67. The van der Waals surface area contributed by atoms with Gasteiger partial charge in [0.25, 0.3) is 0 Å². The standard InChI is InChI=1S/C10H7ClF3NO2/c11-8-5-7(6-15)1-2-9(8)16-3-4-17-10(12,13)14/h1-2,5H,3-4H2. The lowest BCUT2D eigenvalue weighted by molar-refractivity contribution is -0.325. The summed E-state index contributed by atoms with van der Waals surface area (Å²) in [5.74, 6) is 0.205. The second-order valence-corrected chi connectivity index (χ2v) is 3.31. The summed E-state index contributed by atoms with van der Waals surface area (Å²) in [6.07, 6.45) is -4.67. The molecule has 0 unspecified atom stereocenters. The van der Waals surface area contributed by atoms with Gasteiger partial charge in [0, 0.05) is 0 Å². The van der Waals surface area contributed by atoms with E-state index in [1.54, 1.807) is 0 Å². The van der Waals surface area contributed by atoms with Crippen molar-refractivity contribution < 1.29 is 22.6 Å². The Morgan fingerprint density at radius 1 is 1.29 bits per heavy atom. The van der Waals surface area contributed by atoms with Crippen molar-refractivity contribution >= 4 is 11.6 Å². The van der Waals surface area contributed by atoms with Crippen LogP contribution >= 0.6 is 11.6 Å². The predicted molar refractivity (Wildman–Crippen MR) is 53.7 cm³/mol. The SMILES string of the molecule is N#Cc1ccc(OCCOC(F)(F)F)c(Cl)c1. The highest BCUT2D eigenvalue weighted by molar-refractivity contribution is 6.32. The van der Waals surface area contributed by atoms with Crippen LogP contribution in [0.25, 0.3) is 0 Å². The first-order valence-electron chi connectivity index (χ1n) is 4.45. The van der Waals surface area contributed by atoms with Gasteiger partial charge < -0.3 is 4.74 Å². The van der Waals surface area contributed by atoms with E-state index < -0.39 is 13.0 Å². The number of alkyl halides is 3. The summed E-state index contributed by atoms with van der Waals surface area (Å²) >= 11 is 5.74. The first-order valence-corrected chi connectivity index (χ1v) is 4.83. The smallest absolute Gasteiger partial charge is 0.490 e. The number of nitrogens with zero attached hydrogens (tertiary/aromatic N) is 1. The van der Waals surface area contributed by atoms with E-state index in [0.717, 1.165) is 0 Å². The molecule has 0 N–H and O–H groups in total. The molecule has 0 saturated heterocycles. The summed E-state index contributed by atoms with van der Waals surface area (Å²) < 4.78 is 43.3. The van der Waals surface area contributed by atoms with Crippen LogP contribution in [0.1, 0.15) is 5.56 Å². The number of rotatable bonds is 4. The summed E-state index contributed by atoms with van der Waals surface area (Å²) in [6.45, 7) is -0.912. The van der Waals surface area contributed by atoms with Gasteiger partial charge in [-0.15, -0.1) is 13.2 Å². The Labute approximate surface area is 100 Å². The maximum Gasteiger partial charge on any atom is 0.522 e. The number of halogens is 4. The van der Waals surface area contributed by atoms with Crippen LogP contribution in [0.15, 0.2) is 18.2 Å². The fourth-order valence-electron chi connectivity index (χ4n) is 0.996. The zero-order chi connectivity index (χ0) is 12.9. The molecule has 0 heterocycles. The Hall–Kier alpha value is -1.45. The summed E-state index contributed by atoms with van der Waals surface area (Å²) in [5, 5.41) is 8.73. The van der Waals surface area contributed by atoms with E-state index in [1.807, 2.05) is 6.07 Å². The fraction of sp³-hybridized carbons (Fsp3) is 0.300. The van der Waals surface area contributed by atoms with E-state index in [2.05, 4.69) is 4.74 Å². The zero-order valence-electron chi connectivity index (χ0n) is 8.42. The van der Waals surface area contributed by atoms with E-state index in [9.17, 15) is 13.2 Å². The van der Waals surface area contributed by atoms with Gasteiger partial charge in [-0.05, 0) is 18.2 Å². The molecule has 0 fully saturated rings. The van der Waals surface area contributed by atoms with Gasteiger partial charge in [0.05, 0.1) is 23.3 Å². The lowest BCUT2D eigenvalue weighted by atomic mass is 10.2. The summed E-state index contributed by atoms with van der Waals surface area (Å²) in [5.41, 5.74) is 0.342. The third-order valence-electron chi connectivity index (χ3n) is 1.67. The van der Waals surface area contributed by atoms with Gasteiger partial charge in [-0.25, -0.2) is 0 Å². The van der Waals surface area contributed by atoms with Gasteiger partial charge in [0.15, 0.2) is 0 Å². The fourth-order valence-corrected chi connectivity index (χ4v) is 1.23. The number of hydrogen-bond acceptors (Lipinski definition) is 3. The van der Waals surface area contributed by atoms with Gasteiger partial charge in [-0.3, -0.25) is 4.74 Å². The minimum Gasteiger partial charge on any atom is -0.490 e. The second kappa shape index (κ2) is 5.75. The Morgan fingerprint density at radius 3 is 2.53 bits per heavy atom. The van der Waals surface area contributed by atoms with Crippen LogP contribution in [0.2, 0.25) is 5.02 Å². The number of ether oxygens (including phenoxy) is 2. The molecule has 3 nitrogen and oxygen atoms in total. The molecule has 0 aromatic heterocycles. The van der Waals surface area contributed by atoms with Gasteiger partial charge >= 0.3 is 6.36 Å². The number of nitriles is 1. The van der Waals surface area contributed by atoms with Crippen LogP contribution in [0.4, 0.5) is 13.2 Å². The number of hydrogen-bond donors (Lipinski definition) is 0. The lowest BCUT2D eigenvalue weighted by Gasteiger charge is -2.10. The van der Waals surface area contributed by atoms with E-state index in [0.29, 0.717) is 5.56 Å². The van der Waals surface area contributed by atoms with Crippen molar-refractivity contribution in [3.05, 3.63) is 28.8 Å². The highest BCUT2D eigenvalue weighted by atomic mass is 35.5. The van der Waals surface area contributed by atoms with Crippen LogP contribution in [-0.4, -0.2) is 19.6 Å². The lowest BCUT2D eigenvalue weighted by Crippen LogP contribution is -2.18. The van der Waals surface area contributed by atoms with Crippen LogP contribution in [-0.2, 0) is 4.74 Å². The normalized spacial score (nSPS) is 11.0. The van der Waals surface area contributed by atoms with Crippen molar-refractivity contribution in [3.8, 4) is 11.8 Å². The van der Waals surface area contributed by atoms with Crippen LogP contribution < -0.4 is 4.74 Å². The molecule has 0 radical (unpaired) electrons. The van der Waals surface area contributed by atoms with Crippen molar-refractivity contribution in [2.24, 2.45) is 0 Å². The average Bonchev–Trinajstić information content (AvgIpc) is 2.24. The minimum absolute atomic E-state index is 0.163. The molecule has 0 aliphatic heterocycles.